The lowest BCUT2D eigenvalue weighted by Crippen LogP contribution is -2.22. The highest BCUT2D eigenvalue weighted by atomic mass is 16.5. The molecule has 0 amide bonds. The first-order valence-corrected chi connectivity index (χ1v) is 7.12. The molecule has 7 heteroatoms. The lowest BCUT2D eigenvalue weighted by Gasteiger charge is -2.15. The minimum absolute atomic E-state index is 0.0983. The number of hydrogen-bond donors (Lipinski definition) is 1. The average molecular weight is 301 g/mol. The van der Waals surface area contributed by atoms with Gasteiger partial charge in [-0.15, -0.1) is 0 Å². The van der Waals surface area contributed by atoms with Gasteiger partial charge in [-0.1, -0.05) is 5.16 Å². The Morgan fingerprint density at radius 2 is 2.05 bits per heavy atom. The molecule has 3 aromatic rings. The van der Waals surface area contributed by atoms with Crippen molar-refractivity contribution < 1.29 is 4.52 Å². The van der Waals surface area contributed by atoms with Crippen molar-refractivity contribution in [3.63, 3.8) is 0 Å². The van der Waals surface area contributed by atoms with Crippen LogP contribution in [0.15, 0.2) is 21.5 Å². The average Bonchev–Trinajstić information content (AvgIpc) is 2.95. The zero-order valence-corrected chi connectivity index (χ0v) is 13.2. The van der Waals surface area contributed by atoms with E-state index in [2.05, 4.69) is 20.1 Å². The van der Waals surface area contributed by atoms with Crippen molar-refractivity contribution >= 4 is 5.65 Å². The molecule has 0 spiro atoms. The molecule has 7 nitrogen and oxygen atoms in total. The van der Waals surface area contributed by atoms with Crippen LogP contribution in [0.1, 0.15) is 28.4 Å². The van der Waals surface area contributed by atoms with Gasteiger partial charge in [0.1, 0.15) is 5.76 Å². The fourth-order valence-electron chi connectivity index (χ4n) is 2.57. The van der Waals surface area contributed by atoms with Crippen LogP contribution in [0.3, 0.4) is 0 Å². The van der Waals surface area contributed by atoms with E-state index in [9.17, 15) is 4.79 Å². The SMILES string of the molecule is Cc1cc2nc(CN(C)Cc3c(C)noc3C)cc(=O)n2[nH]1. The molecular weight excluding hydrogens is 282 g/mol. The van der Waals surface area contributed by atoms with E-state index in [0.29, 0.717) is 18.7 Å². The zero-order valence-electron chi connectivity index (χ0n) is 13.2. The third-order valence-corrected chi connectivity index (χ3v) is 3.67. The van der Waals surface area contributed by atoms with Crippen LogP contribution in [0.2, 0.25) is 0 Å². The summed E-state index contributed by atoms with van der Waals surface area (Å²) in [5.41, 5.74) is 4.18. The Morgan fingerprint density at radius 3 is 2.73 bits per heavy atom. The van der Waals surface area contributed by atoms with E-state index < -0.39 is 0 Å². The molecule has 0 atom stereocenters. The monoisotopic (exact) mass is 301 g/mol. The van der Waals surface area contributed by atoms with Crippen molar-refractivity contribution in [2.24, 2.45) is 0 Å². The lowest BCUT2D eigenvalue weighted by atomic mass is 10.2. The first kappa shape index (κ1) is 14.5. The second kappa shape index (κ2) is 5.42. The summed E-state index contributed by atoms with van der Waals surface area (Å²) in [6, 6.07) is 3.42. The van der Waals surface area contributed by atoms with Gasteiger partial charge in [-0.25, -0.2) is 9.50 Å². The Balaban J connectivity index is 1.82. The second-order valence-electron chi connectivity index (χ2n) is 5.69. The number of fused-ring (bicyclic) bond motifs is 1. The molecule has 0 saturated carbocycles. The molecule has 0 aliphatic rings. The van der Waals surface area contributed by atoms with Gasteiger partial charge in [0, 0.05) is 36.5 Å². The second-order valence-corrected chi connectivity index (χ2v) is 5.69. The molecule has 0 bridgehead atoms. The van der Waals surface area contributed by atoms with Gasteiger partial charge >= 0.3 is 0 Å². The summed E-state index contributed by atoms with van der Waals surface area (Å²) in [5.74, 6) is 0.828. The van der Waals surface area contributed by atoms with Gasteiger partial charge < -0.3 is 4.52 Å². The lowest BCUT2D eigenvalue weighted by molar-refractivity contribution is 0.311. The molecule has 116 valence electrons. The van der Waals surface area contributed by atoms with Gasteiger partial charge in [0.05, 0.1) is 11.4 Å². The van der Waals surface area contributed by atoms with Crippen LogP contribution in [0, 0.1) is 20.8 Å². The number of rotatable bonds is 4. The van der Waals surface area contributed by atoms with Crippen molar-refractivity contribution in [1.29, 1.82) is 0 Å². The molecule has 0 radical (unpaired) electrons. The molecule has 0 fully saturated rings. The molecule has 3 rings (SSSR count). The first-order valence-electron chi connectivity index (χ1n) is 7.12. The summed E-state index contributed by atoms with van der Waals surface area (Å²) < 4.78 is 6.63. The van der Waals surface area contributed by atoms with Gasteiger partial charge in [0.15, 0.2) is 5.65 Å². The predicted octanol–water partition coefficient (Wildman–Crippen LogP) is 1.57. The van der Waals surface area contributed by atoms with Crippen molar-refractivity contribution in [3.8, 4) is 0 Å². The first-order chi connectivity index (χ1) is 10.4. The van der Waals surface area contributed by atoms with Gasteiger partial charge in [-0.05, 0) is 27.8 Å². The highest BCUT2D eigenvalue weighted by Crippen LogP contribution is 2.15. The van der Waals surface area contributed by atoms with E-state index in [0.717, 1.165) is 28.4 Å². The van der Waals surface area contributed by atoms with Crippen LogP contribution in [0.5, 0.6) is 0 Å². The molecule has 0 aromatic carbocycles. The Kier molecular flexibility index (Phi) is 3.58. The van der Waals surface area contributed by atoms with Crippen LogP contribution in [-0.4, -0.2) is 31.7 Å². The summed E-state index contributed by atoms with van der Waals surface area (Å²) in [6.45, 7) is 7.02. The molecule has 22 heavy (non-hydrogen) atoms. The Bertz CT molecular complexity index is 854. The molecule has 1 N–H and O–H groups in total. The highest BCUT2D eigenvalue weighted by molar-refractivity contribution is 5.39. The maximum atomic E-state index is 12.1. The van der Waals surface area contributed by atoms with E-state index >= 15 is 0 Å². The van der Waals surface area contributed by atoms with Crippen LogP contribution in [0.4, 0.5) is 0 Å². The number of nitrogens with one attached hydrogen (secondary N) is 1. The van der Waals surface area contributed by atoms with Crippen molar-refractivity contribution in [2.75, 3.05) is 7.05 Å². The molecule has 0 unspecified atom stereocenters. The van der Waals surface area contributed by atoms with Gasteiger partial charge in [-0.3, -0.25) is 14.8 Å². The molecular formula is C15H19N5O2. The Morgan fingerprint density at radius 1 is 1.27 bits per heavy atom. The Labute approximate surface area is 127 Å². The third kappa shape index (κ3) is 2.67. The molecule has 0 saturated heterocycles. The van der Waals surface area contributed by atoms with E-state index in [1.54, 1.807) is 6.07 Å². The van der Waals surface area contributed by atoms with Crippen molar-refractivity contribution in [3.05, 3.63) is 50.9 Å². The van der Waals surface area contributed by atoms with E-state index in [1.807, 2.05) is 33.9 Å². The minimum Gasteiger partial charge on any atom is -0.361 e. The summed E-state index contributed by atoms with van der Waals surface area (Å²) in [7, 11) is 1.98. The molecule has 0 aliphatic carbocycles. The molecule has 0 aliphatic heterocycles. The van der Waals surface area contributed by atoms with Crippen molar-refractivity contribution in [2.45, 2.75) is 33.9 Å². The van der Waals surface area contributed by atoms with Gasteiger partial charge in [0.25, 0.3) is 5.56 Å². The molecule has 3 heterocycles. The maximum absolute atomic E-state index is 12.1. The van der Waals surface area contributed by atoms with Gasteiger partial charge in [-0.2, -0.15) is 0 Å². The summed E-state index contributed by atoms with van der Waals surface area (Å²) >= 11 is 0. The highest BCUT2D eigenvalue weighted by Gasteiger charge is 2.13. The van der Waals surface area contributed by atoms with Crippen LogP contribution >= 0.6 is 0 Å². The predicted molar refractivity (Wildman–Crippen MR) is 81.7 cm³/mol. The quantitative estimate of drug-likeness (QED) is 0.791. The fraction of sp³-hybridized carbons (Fsp3) is 0.400. The largest absolute Gasteiger partial charge is 0.361 e. The fourth-order valence-corrected chi connectivity index (χ4v) is 2.57. The van der Waals surface area contributed by atoms with Gasteiger partial charge in [0.2, 0.25) is 0 Å². The third-order valence-electron chi connectivity index (χ3n) is 3.67. The number of aromatic nitrogens is 4. The summed E-state index contributed by atoms with van der Waals surface area (Å²) in [6.07, 6.45) is 0. The smallest absolute Gasteiger partial charge is 0.272 e. The maximum Gasteiger partial charge on any atom is 0.272 e. The summed E-state index contributed by atoms with van der Waals surface area (Å²) in [4.78, 5) is 18.7. The van der Waals surface area contributed by atoms with E-state index in [-0.39, 0.29) is 5.56 Å². The van der Waals surface area contributed by atoms with Crippen LogP contribution in [-0.2, 0) is 13.1 Å². The number of nitrogens with zero attached hydrogens (tertiary/aromatic N) is 4. The number of hydrogen-bond acceptors (Lipinski definition) is 5. The van der Waals surface area contributed by atoms with Crippen molar-refractivity contribution in [1.82, 2.24) is 24.7 Å². The number of aromatic amines is 1. The van der Waals surface area contributed by atoms with Crippen LogP contribution < -0.4 is 5.56 Å². The zero-order chi connectivity index (χ0) is 15.9. The van der Waals surface area contributed by atoms with Crippen LogP contribution in [0.25, 0.3) is 5.65 Å². The summed E-state index contributed by atoms with van der Waals surface area (Å²) in [5, 5.41) is 6.93. The van der Waals surface area contributed by atoms with E-state index in [4.69, 9.17) is 4.52 Å². The topological polar surface area (TPSA) is 79.4 Å². The molecule has 3 aromatic heterocycles. The normalized spacial score (nSPS) is 11.7. The number of H-pyrrole nitrogens is 1. The standard InChI is InChI=1S/C15H19N5O2/c1-9-5-14-16-12(6-15(21)20(14)17-9)7-19(4)8-13-10(2)18-22-11(13)3/h5-6,17H,7-8H2,1-4H3. The number of aryl methyl sites for hydroxylation is 3. The minimum atomic E-state index is -0.0983. The Hall–Kier alpha value is -2.41. The van der Waals surface area contributed by atoms with E-state index in [1.165, 1.54) is 4.52 Å².